The minimum absolute atomic E-state index is 0. The molecule has 1 amide bonds. The molecule has 2 fully saturated rings. The number of piperidine rings is 1. The molecule has 0 saturated carbocycles. The first-order chi connectivity index (χ1) is 15.5. The highest BCUT2D eigenvalue weighted by atomic mass is 35.5. The quantitative estimate of drug-likeness (QED) is 0.604. The molecule has 2 aromatic carbocycles. The van der Waals surface area contributed by atoms with Gasteiger partial charge < -0.3 is 19.9 Å². The lowest BCUT2D eigenvalue weighted by Crippen LogP contribution is -2.60. The lowest BCUT2D eigenvalue weighted by atomic mass is 9.72. The normalized spacial score (nSPS) is 17.4. The molecule has 174 valence electrons. The number of carbonyl (C=O) groups is 1. The number of ether oxygens (including phenoxy) is 1. The molecule has 6 nitrogen and oxygen atoms in total. The van der Waals surface area contributed by atoms with E-state index in [1.807, 2.05) is 12.1 Å². The topological polar surface area (TPSA) is 57.7 Å². The third-order valence-corrected chi connectivity index (χ3v) is 6.86. The van der Waals surface area contributed by atoms with E-state index in [4.69, 9.17) is 4.74 Å². The number of amides is 1. The SMILES string of the molecule is COc1cc(N2CC3(CCN(C)CC3)C2)ccc1C(=O)Nc1ccc(F)c2ncccc12.Cl. The maximum Gasteiger partial charge on any atom is 0.259 e. The van der Waals surface area contributed by atoms with Crippen LogP contribution >= 0.6 is 12.4 Å². The Kier molecular flexibility index (Phi) is 6.45. The molecule has 2 aliphatic rings. The van der Waals surface area contributed by atoms with Crippen molar-refractivity contribution in [1.29, 1.82) is 0 Å². The van der Waals surface area contributed by atoms with Crippen molar-refractivity contribution in [2.45, 2.75) is 12.8 Å². The predicted octanol–water partition coefficient (Wildman–Crippen LogP) is 4.59. The van der Waals surface area contributed by atoms with Crippen molar-refractivity contribution in [2.24, 2.45) is 5.41 Å². The molecule has 0 aliphatic carbocycles. The van der Waals surface area contributed by atoms with E-state index in [0.717, 1.165) is 31.9 Å². The van der Waals surface area contributed by atoms with Crippen molar-refractivity contribution in [2.75, 3.05) is 50.6 Å². The number of nitrogens with zero attached hydrogens (tertiary/aromatic N) is 3. The predicted molar refractivity (Wildman–Crippen MR) is 131 cm³/mol. The van der Waals surface area contributed by atoms with Crippen LogP contribution in [0.25, 0.3) is 10.9 Å². The van der Waals surface area contributed by atoms with E-state index < -0.39 is 5.82 Å². The number of nitrogens with one attached hydrogen (secondary N) is 1. The Morgan fingerprint density at radius 2 is 1.91 bits per heavy atom. The average molecular weight is 471 g/mol. The molecule has 0 radical (unpaired) electrons. The Balaban J connectivity index is 0.00000259. The zero-order chi connectivity index (χ0) is 22.3. The number of benzene rings is 2. The summed E-state index contributed by atoms with van der Waals surface area (Å²) < 4.78 is 19.6. The summed E-state index contributed by atoms with van der Waals surface area (Å²) in [6, 6.07) is 12.0. The molecule has 33 heavy (non-hydrogen) atoms. The zero-order valence-corrected chi connectivity index (χ0v) is 19.6. The second-order valence-corrected chi connectivity index (χ2v) is 8.99. The summed E-state index contributed by atoms with van der Waals surface area (Å²) in [4.78, 5) is 21.9. The molecular formula is C25H28ClFN4O2. The van der Waals surface area contributed by atoms with Gasteiger partial charge in [0.2, 0.25) is 0 Å². The number of rotatable bonds is 4. The first-order valence-electron chi connectivity index (χ1n) is 10.9. The maximum absolute atomic E-state index is 14.1. The molecule has 1 aromatic heterocycles. The molecular weight excluding hydrogens is 443 g/mol. The highest BCUT2D eigenvalue weighted by molar-refractivity contribution is 6.10. The second-order valence-electron chi connectivity index (χ2n) is 8.99. The Morgan fingerprint density at radius 1 is 1.15 bits per heavy atom. The van der Waals surface area contributed by atoms with Gasteiger partial charge >= 0.3 is 0 Å². The number of aromatic nitrogens is 1. The Morgan fingerprint density at radius 3 is 2.64 bits per heavy atom. The highest BCUT2D eigenvalue weighted by Crippen LogP contribution is 2.43. The first-order valence-corrected chi connectivity index (χ1v) is 10.9. The van der Waals surface area contributed by atoms with Gasteiger partial charge in [-0.05, 0) is 69.4 Å². The third kappa shape index (κ3) is 4.35. The number of hydrogen-bond acceptors (Lipinski definition) is 5. The van der Waals surface area contributed by atoms with Crippen LogP contribution < -0.4 is 15.0 Å². The van der Waals surface area contributed by atoms with Gasteiger partial charge in [0.15, 0.2) is 0 Å². The van der Waals surface area contributed by atoms with Gasteiger partial charge in [-0.2, -0.15) is 0 Å². The largest absolute Gasteiger partial charge is 0.496 e. The molecule has 1 spiro atoms. The number of halogens is 2. The highest BCUT2D eigenvalue weighted by Gasteiger charge is 2.44. The van der Waals surface area contributed by atoms with Gasteiger partial charge in [-0.3, -0.25) is 9.78 Å². The van der Waals surface area contributed by atoms with Crippen molar-refractivity contribution in [1.82, 2.24) is 9.88 Å². The third-order valence-electron chi connectivity index (χ3n) is 6.86. The Labute approximate surface area is 199 Å². The average Bonchev–Trinajstić information content (AvgIpc) is 2.80. The fraction of sp³-hybridized carbons (Fsp3) is 0.360. The Hall–Kier alpha value is -2.90. The summed E-state index contributed by atoms with van der Waals surface area (Å²) in [5.74, 6) is -0.202. The molecule has 8 heteroatoms. The number of hydrogen-bond donors (Lipinski definition) is 1. The van der Waals surface area contributed by atoms with Crippen LogP contribution in [0, 0.1) is 11.2 Å². The molecule has 3 heterocycles. The van der Waals surface area contributed by atoms with E-state index in [1.165, 1.54) is 25.1 Å². The molecule has 0 atom stereocenters. The van der Waals surface area contributed by atoms with Gasteiger partial charge in [0, 0.05) is 41.8 Å². The monoisotopic (exact) mass is 470 g/mol. The summed E-state index contributed by atoms with van der Waals surface area (Å²) in [6.45, 7) is 4.40. The molecule has 2 saturated heterocycles. The Bertz CT molecular complexity index is 1170. The lowest BCUT2D eigenvalue weighted by molar-refractivity contribution is 0.0906. The fourth-order valence-electron chi connectivity index (χ4n) is 4.86. The number of pyridine rings is 1. The summed E-state index contributed by atoms with van der Waals surface area (Å²) in [5, 5.41) is 3.44. The van der Waals surface area contributed by atoms with Gasteiger partial charge in [0.05, 0.1) is 18.4 Å². The van der Waals surface area contributed by atoms with E-state index in [9.17, 15) is 9.18 Å². The molecule has 0 bridgehead atoms. The molecule has 3 aromatic rings. The number of anilines is 2. The van der Waals surface area contributed by atoms with E-state index in [-0.39, 0.29) is 23.8 Å². The second kappa shape index (κ2) is 9.15. The van der Waals surface area contributed by atoms with Gasteiger partial charge in [-0.15, -0.1) is 12.4 Å². The molecule has 1 N–H and O–H groups in total. The van der Waals surface area contributed by atoms with Crippen molar-refractivity contribution >= 4 is 40.6 Å². The lowest BCUT2D eigenvalue weighted by Gasteiger charge is -2.54. The summed E-state index contributed by atoms with van der Waals surface area (Å²) in [7, 11) is 3.75. The zero-order valence-electron chi connectivity index (χ0n) is 18.8. The molecule has 0 unspecified atom stereocenters. The van der Waals surface area contributed by atoms with Gasteiger partial charge in [-0.25, -0.2) is 4.39 Å². The van der Waals surface area contributed by atoms with Crippen LogP contribution in [-0.4, -0.2) is 56.1 Å². The van der Waals surface area contributed by atoms with E-state index in [1.54, 1.807) is 31.4 Å². The molecule has 2 aliphatic heterocycles. The van der Waals surface area contributed by atoms with Crippen LogP contribution in [0.1, 0.15) is 23.2 Å². The molecule has 5 rings (SSSR count). The van der Waals surface area contributed by atoms with E-state index in [2.05, 4.69) is 27.1 Å². The minimum atomic E-state index is -0.419. The van der Waals surface area contributed by atoms with Crippen molar-refractivity contribution < 1.29 is 13.9 Å². The van der Waals surface area contributed by atoms with Gasteiger partial charge in [0.25, 0.3) is 5.91 Å². The van der Waals surface area contributed by atoms with E-state index >= 15 is 0 Å². The van der Waals surface area contributed by atoms with Crippen molar-refractivity contribution in [3.63, 3.8) is 0 Å². The summed E-state index contributed by atoms with van der Waals surface area (Å²) in [6.07, 6.45) is 4.00. The van der Waals surface area contributed by atoms with Crippen LogP contribution in [0.4, 0.5) is 15.8 Å². The maximum atomic E-state index is 14.1. The van der Waals surface area contributed by atoms with Crippen LogP contribution in [-0.2, 0) is 0 Å². The fourth-order valence-corrected chi connectivity index (χ4v) is 4.86. The standard InChI is InChI=1S/C25H27FN4O2.ClH/c1-29-12-9-25(10-13-29)15-30(16-25)17-5-6-19(22(14-17)32-2)24(31)28-21-8-7-20(26)23-18(21)4-3-11-27-23;/h3-8,11,14H,9-10,12-13,15-16H2,1-2H3,(H,28,31);1H. The number of carbonyl (C=O) groups excluding carboxylic acids is 1. The summed E-state index contributed by atoms with van der Waals surface area (Å²) >= 11 is 0. The number of methoxy groups -OCH3 is 1. The van der Waals surface area contributed by atoms with E-state index in [0.29, 0.717) is 27.8 Å². The van der Waals surface area contributed by atoms with Crippen LogP contribution in [0.5, 0.6) is 5.75 Å². The number of fused-ring (bicyclic) bond motifs is 1. The van der Waals surface area contributed by atoms with Crippen LogP contribution in [0.15, 0.2) is 48.7 Å². The van der Waals surface area contributed by atoms with Crippen molar-refractivity contribution in [3.05, 3.63) is 60.0 Å². The van der Waals surface area contributed by atoms with Gasteiger partial charge in [0.1, 0.15) is 17.1 Å². The van der Waals surface area contributed by atoms with Gasteiger partial charge in [-0.1, -0.05) is 0 Å². The van der Waals surface area contributed by atoms with Crippen LogP contribution in [0.2, 0.25) is 0 Å². The smallest absolute Gasteiger partial charge is 0.259 e. The minimum Gasteiger partial charge on any atom is -0.496 e. The summed E-state index contributed by atoms with van der Waals surface area (Å²) in [5.41, 5.74) is 2.67. The van der Waals surface area contributed by atoms with Crippen molar-refractivity contribution in [3.8, 4) is 5.75 Å². The first kappa shape index (κ1) is 23.3. The van der Waals surface area contributed by atoms with Crippen LogP contribution in [0.3, 0.4) is 0 Å². The number of likely N-dealkylation sites (tertiary alicyclic amines) is 1.